The Kier molecular flexibility index (Phi) is 6.96. The third-order valence-corrected chi connectivity index (χ3v) is 7.21. The fourth-order valence-electron chi connectivity index (χ4n) is 2.89. The third-order valence-electron chi connectivity index (χ3n) is 4.46. The molecular weight excluding hydrogens is 473 g/mol. The third kappa shape index (κ3) is 5.88. The predicted molar refractivity (Wildman–Crippen MR) is 134 cm³/mol. The molecule has 2 aliphatic heterocycles. The molecule has 2 atom stereocenters. The Morgan fingerprint density at radius 3 is 1.45 bits per heavy atom. The maximum Gasteiger partial charge on any atom is 0.240 e. The monoisotopic (exact) mass is 490 g/mol. The van der Waals surface area contributed by atoms with E-state index in [1.54, 1.807) is 0 Å². The highest BCUT2D eigenvalue weighted by atomic mass is 32.2. The predicted octanol–water partition coefficient (Wildman–Crippen LogP) is 3.34. The first-order valence-electron chi connectivity index (χ1n) is 9.35. The number of benzene rings is 2. The van der Waals surface area contributed by atoms with Crippen molar-refractivity contribution in [1.29, 1.82) is 0 Å². The number of carbonyl (C=O) groups excluding carboxylic acids is 2. The van der Waals surface area contributed by atoms with Crippen molar-refractivity contribution in [3.63, 3.8) is 0 Å². The van der Waals surface area contributed by atoms with Gasteiger partial charge < -0.3 is 26.0 Å². The topological polar surface area (TPSA) is 91.5 Å². The van der Waals surface area contributed by atoms with Gasteiger partial charge in [0.05, 0.1) is 0 Å². The Hall–Kier alpha value is -2.34. The van der Waals surface area contributed by atoms with Crippen LogP contribution in [0.25, 0.3) is 0 Å². The quantitative estimate of drug-likeness (QED) is 0.416. The van der Waals surface area contributed by atoms with E-state index in [0.717, 1.165) is 11.4 Å². The molecule has 2 fully saturated rings. The van der Waals surface area contributed by atoms with Gasteiger partial charge in [-0.15, -0.1) is 0 Å². The van der Waals surface area contributed by atoms with E-state index in [2.05, 4.69) is 21.3 Å². The van der Waals surface area contributed by atoms with E-state index < -0.39 is 0 Å². The molecule has 160 valence electrons. The van der Waals surface area contributed by atoms with Crippen molar-refractivity contribution in [3.05, 3.63) is 48.5 Å². The van der Waals surface area contributed by atoms with Crippen LogP contribution in [0, 0.1) is 0 Å². The summed E-state index contributed by atoms with van der Waals surface area (Å²) in [5.74, 6) is 1.28. The molecule has 0 aliphatic carbocycles. The zero-order valence-electron chi connectivity index (χ0n) is 16.0. The lowest BCUT2D eigenvalue weighted by Crippen LogP contribution is -2.28. The van der Waals surface area contributed by atoms with E-state index >= 15 is 0 Å². The number of hydrogen-bond donors (Lipinski definition) is 4. The van der Waals surface area contributed by atoms with E-state index in [-0.39, 0.29) is 22.3 Å². The molecule has 2 aliphatic rings. The normalized spacial score (nSPS) is 20.4. The van der Waals surface area contributed by atoms with Crippen molar-refractivity contribution < 1.29 is 14.3 Å². The summed E-state index contributed by atoms with van der Waals surface area (Å²) in [6.45, 7) is 0.996. The van der Waals surface area contributed by atoms with Gasteiger partial charge in [0.2, 0.25) is 11.8 Å². The molecule has 0 radical (unpaired) electrons. The van der Waals surface area contributed by atoms with Gasteiger partial charge in [0, 0.05) is 24.5 Å². The largest absolute Gasteiger partial charge is 0.457 e. The summed E-state index contributed by atoms with van der Waals surface area (Å²) >= 11 is 12.7. The highest BCUT2D eigenvalue weighted by molar-refractivity contribution is 8.24. The van der Waals surface area contributed by atoms with Crippen molar-refractivity contribution >= 4 is 79.8 Å². The van der Waals surface area contributed by atoms with Crippen molar-refractivity contribution in [2.24, 2.45) is 0 Å². The van der Waals surface area contributed by atoms with E-state index in [1.807, 2.05) is 48.5 Å². The number of carbonyl (C=O) groups is 2. The van der Waals surface area contributed by atoms with E-state index in [0.29, 0.717) is 33.2 Å². The number of nitrogens with one attached hydrogen (secondary N) is 4. The Balaban J connectivity index is 1.25. The van der Waals surface area contributed by atoms with Gasteiger partial charge in [-0.1, -0.05) is 48.0 Å². The zero-order chi connectivity index (χ0) is 21.8. The Labute approximate surface area is 198 Å². The van der Waals surface area contributed by atoms with Crippen LogP contribution >= 0.6 is 48.0 Å². The molecule has 0 bridgehead atoms. The maximum atomic E-state index is 11.7. The van der Waals surface area contributed by atoms with Crippen LogP contribution in [0.4, 0.5) is 11.4 Å². The first-order valence-corrected chi connectivity index (χ1v) is 11.9. The van der Waals surface area contributed by atoms with Gasteiger partial charge in [-0.2, -0.15) is 0 Å². The molecule has 4 N–H and O–H groups in total. The number of thioether (sulfide) groups is 2. The summed E-state index contributed by atoms with van der Waals surface area (Å²) < 4.78 is 6.92. The summed E-state index contributed by atoms with van der Waals surface area (Å²) in [7, 11) is 0. The summed E-state index contributed by atoms with van der Waals surface area (Å²) in [5, 5.41) is 11.3. The highest BCUT2D eigenvalue weighted by Crippen LogP contribution is 2.26. The van der Waals surface area contributed by atoms with Crippen molar-refractivity contribution in [1.82, 2.24) is 10.6 Å². The molecule has 2 unspecified atom stereocenters. The molecule has 0 spiro atoms. The number of anilines is 2. The van der Waals surface area contributed by atoms with E-state index in [9.17, 15) is 9.59 Å². The molecule has 2 aromatic carbocycles. The second-order valence-corrected chi connectivity index (χ2v) is 10.4. The lowest BCUT2D eigenvalue weighted by atomic mass is 10.2. The molecule has 11 heteroatoms. The molecular formula is C20H18N4O3S4. The molecule has 7 nitrogen and oxygen atoms in total. The minimum atomic E-state index is -0.214. The van der Waals surface area contributed by atoms with Gasteiger partial charge in [-0.3, -0.25) is 9.59 Å². The van der Waals surface area contributed by atoms with Gasteiger partial charge in [-0.05, 0) is 48.5 Å². The fourth-order valence-corrected chi connectivity index (χ4v) is 5.29. The molecule has 2 heterocycles. The molecule has 2 saturated heterocycles. The van der Waals surface area contributed by atoms with Crippen LogP contribution in [0.15, 0.2) is 48.5 Å². The number of rotatable bonds is 8. The van der Waals surface area contributed by atoms with Crippen LogP contribution in [-0.4, -0.2) is 44.0 Å². The molecule has 2 amide bonds. The van der Waals surface area contributed by atoms with Crippen LogP contribution in [0.1, 0.15) is 0 Å². The van der Waals surface area contributed by atoms with Gasteiger partial charge >= 0.3 is 0 Å². The maximum absolute atomic E-state index is 11.7. The average molecular weight is 491 g/mol. The Morgan fingerprint density at radius 1 is 0.742 bits per heavy atom. The molecule has 2 aromatic rings. The number of ether oxygens (including phenoxy) is 1. The van der Waals surface area contributed by atoms with Crippen molar-refractivity contribution in [3.8, 4) is 11.5 Å². The number of thiocarbonyl (C=S) groups is 2. The van der Waals surface area contributed by atoms with Gasteiger partial charge in [0.15, 0.2) is 0 Å². The van der Waals surface area contributed by atoms with Crippen LogP contribution in [0.5, 0.6) is 11.5 Å². The van der Waals surface area contributed by atoms with Crippen LogP contribution in [-0.2, 0) is 9.59 Å². The first kappa shape index (κ1) is 21.9. The lowest BCUT2D eigenvalue weighted by molar-refractivity contribution is -0.119. The molecule has 4 rings (SSSR count). The van der Waals surface area contributed by atoms with Crippen molar-refractivity contribution in [2.75, 3.05) is 23.7 Å². The van der Waals surface area contributed by atoms with Crippen LogP contribution < -0.4 is 26.0 Å². The number of amides is 2. The van der Waals surface area contributed by atoms with E-state index in [4.69, 9.17) is 29.2 Å². The van der Waals surface area contributed by atoms with Gasteiger partial charge in [0.1, 0.15) is 30.6 Å². The average Bonchev–Trinajstić information content (AvgIpc) is 3.25. The van der Waals surface area contributed by atoms with Crippen LogP contribution in [0.2, 0.25) is 0 Å². The lowest BCUT2D eigenvalue weighted by Gasteiger charge is -2.12. The molecule has 0 saturated carbocycles. The minimum absolute atomic E-state index is 0.0610. The SMILES string of the molecule is O=C1NC(=S)SC1CNc1ccc(Oc2ccc(NCC3SC(=S)NC3=O)cc2)cc1. The minimum Gasteiger partial charge on any atom is -0.457 e. The summed E-state index contributed by atoms with van der Waals surface area (Å²) in [4.78, 5) is 23.4. The molecule has 0 aromatic heterocycles. The second kappa shape index (κ2) is 9.86. The zero-order valence-corrected chi connectivity index (χ0v) is 19.3. The Bertz CT molecular complexity index is 933. The number of hydrogen-bond acceptors (Lipinski definition) is 9. The highest BCUT2D eigenvalue weighted by Gasteiger charge is 2.29. The summed E-state index contributed by atoms with van der Waals surface area (Å²) in [5.41, 5.74) is 1.79. The van der Waals surface area contributed by atoms with E-state index in [1.165, 1.54) is 23.5 Å². The second-order valence-electron chi connectivity index (χ2n) is 6.68. The van der Waals surface area contributed by atoms with Crippen molar-refractivity contribution in [2.45, 2.75) is 10.5 Å². The fraction of sp³-hybridized carbons (Fsp3) is 0.200. The Morgan fingerprint density at radius 2 is 1.13 bits per heavy atom. The molecule has 31 heavy (non-hydrogen) atoms. The van der Waals surface area contributed by atoms with Gasteiger partial charge in [0.25, 0.3) is 0 Å². The summed E-state index contributed by atoms with van der Waals surface area (Å²) in [6.07, 6.45) is 0. The van der Waals surface area contributed by atoms with Gasteiger partial charge in [-0.25, -0.2) is 0 Å². The first-order chi connectivity index (χ1) is 15.0. The smallest absolute Gasteiger partial charge is 0.240 e. The summed E-state index contributed by atoms with van der Waals surface area (Å²) in [6, 6.07) is 15.0. The standard InChI is InChI=1S/C20H18N4O3S4/c25-17-15(30-19(28)23-17)9-21-11-1-5-13(6-2-11)27-14-7-3-12(4-8-14)22-10-16-18(26)24-20(29)31-16/h1-8,15-16,21-22H,9-10H2,(H,23,25,28)(H,24,26,29). The van der Waals surface area contributed by atoms with Crippen LogP contribution in [0.3, 0.4) is 0 Å².